The van der Waals surface area contributed by atoms with Gasteiger partial charge in [0, 0.05) is 49.0 Å². The van der Waals surface area contributed by atoms with E-state index in [0.717, 1.165) is 48.7 Å². The van der Waals surface area contributed by atoms with Gasteiger partial charge in [-0.1, -0.05) is 18.2 Å². The van der Waals surface area contributed by atoms with Crippen LogP contribution in [0, 0.1) is 6.92 Å². The molecule has 1 aliphatic heterocycles. The number of pyridine rings is 1. The van der Waals surface area contributed by atoms with Crippen molar-refractivity contribution in [3.63, 3.8) is 0 Å². The van der Waals surface area contributed by atoms with Crippen LogP contribution in [0.1, 0.15) is 22.9 Å². The first kappa shape index (κ1) is 18.6. The standard InChI is InChI=1S/C19H23N5O.ClH/c1-13-16-9-14(10-21-19(16)23-22-13)12-24-8-7-20-11-17(24)15-5-3-4-6-18(15)25-2;/h3-6,9-10,17,20H,7-8,11-12H2,1-2H3,(H,21,22,23);1H. The van der Waals surface area contributed by atoms with Gasteiger partial charge in [-0.2, -0.15) is 5.10 Å². The maximum atomic E-state index is 5.58. The van der Waals surface area contributed by atoms with E-state index < -0.39 is 0 Å². The monoisotopic (exact) mass is 373 g/mol. The number of aromatic amines is 1. The number of benzene rings is 1. The molecule has 1 atom stereocenters. The summed E-state index contributed by atoms with van der Waals surface area (Å²) in [7, 11) is 1.74. The van der Waals surface area contributed by atoms with Crippen LogP contribution in [0.2, 0.25) is 0 Å². The zero-order valence-electron chi connectivity index (χ0n) is 15.0. The summed E-state index contributed by atoms with van der Waals surface area (Å²) in [5.74, 6) is 0.945. The number of aryl methyl sites for hydroxylation is 1. The van der Waals surface area contributed by atoms with Gasteiger partial charge in [-0.25, -0.2) is 4.98 Å². The molecule has 1 aromatic carbocycles. The minimum Gasteiger partial charge on any atom is -0.496 e. The smallest absolute Gasteiger partial charge is 0.181 e. The number of rotatable bonds is 4. The summed E-state index contributed by atoms with van der Waals surface area (Å²) < 4.78 is 5.58. The Morgan fingerprint density at radius 3 is 3.00 bits per heavy atom. The maximum Gasteiger partial charge on any atom is 0.181 e. The number of hydrogen-bond acceptors (Lipinski definition) is 5. The van der Waals surface area contributed by atoms with Gasteiger partial charge in [0.2, 0.25) is 0 Å². The second kappa shape index (κ2) is 8.03. The van der Waals surface area contributed by atoms with Gasteiger partial charge in [0.05, 0.1) is 13.2 Å². The Balaban J connectivity index is 0.00000196. The van der Waals surface area contributed by atoms with E-state index in [9.17, 15) is 0 Å². The van der Waals surface area contributed by atoms with Crippen LogP contribution in [-0.2, 0) is 6.54 Å². The van der Waals surface area contributed by atoms with Gasteiger partial charge in [0.15, 0.2) is 5.65 Å². The van der Waals surface area contributed by atoms with Crippen LogP contribution in [0.5, 0.6) is 5.75 Å². The molecule has 4 rings (SSSR count). The lowest BCUT2D eigenvalue weighted by Crippen LogP contribution is -2.45. The van der Waals surface area contributed by atoms with Crippen molar-refractivity contribution in [2.75, 3.05) is 26.7 Å². The van der Waals surface area contributed by atoms with Crippen molar-refractivity contribution in [1.29, 1.82) is 0 Å². The van der Waals surface area contributed by atoms with Gasteiger partial charge in [0.25, 0.3) is 0 Å². The molecule has 3 heterocycles. The number of hydrogen-bond donors (Lipinski definition) is 2. The average Bonchev–Trinajstić information content (AvgIpc) is 3.03. The molecule has 26 heavy (non-hydrogen) atoms. The zero-order valence-corrected chi connectivity index (χ0v) is 15.8. The van der Waals surface area contributed by atoms with Crippen LogP contribution in [0.25, 0.3) is 11.0 Å². The van der Waals surface area contributed by atoms with Gasteiger partial charge < -0.3 is 10.1 Å². The molecule has 0 radical (unpaired) electrons. The molecule has 2 N–H and O–H groups in total. The molecular formula is C19H24ClN5O. The minimum atomic E-state index is 0. The SMILES string of the molecule is COc1ccccc1C1CNCCN1Cc1cnc2n[nH]c(C)c2c1.Cl. The third-order valence-electron chi connectivity index (χ3n) is 4.89. The van der Waals surface area contributed by atoms with Gasteiger partial charge in [-0.3, -0.25) is 10.00 Å². The van der Waals surface area contributed by atoms with Crippen LogP contribution in [0.15, 0.2) is 36.5 Å². The molecule has 2 aromatic heterocycles. The Kier molecular flexibility index (Phi) is 5.76. The number of halogens is 1. The van der Waals surface area contributed by atoms with Crippen molar-refractivity contribution in [3.8, 4) is 5.75 Å². The zero-order chi connectivity index (χ0) is 17.2. The number of H-pyrrole nitrogens is 1. The van der Waals surface area contributed by atoms with E-state index in [1.807, 2.05) is 25.3 Å². The lowest BCUT2D eigenvalue weighted by atomic mass is 10.0. The highest BCUT2D eigenvalue weighted by atomic mass is 35.5. The van der Waals surface area contributed by atoms with E-state index in [1.165, 1.54) is 11.1 Å². The Labute approximate surface area is 159 Å². The van der Waals surface area contributed by atoms with Crippen LogP contribution < -0.4 is 10.1 Å². The molecule has 6 nitrogen and oxygen atoms in total. The number of nitrogens with zero attached hydrogens (tertiary/aromatic N) is 3. The fourth-order valence-corrected chi connectivity index (χ4v) is 3.57. The first-order chi connectivity index (χ1) is 12.3. The summed E-state index contributed by atoms with van der Waals surface area (Å²) in [5, 5.41) is 11.8. The molecule has 1 aliphatic rings. The third-order valence-corrected chi connectivity index (χ3v) is 4.89. The van der Waals surface area contributed by atoms with Crippen molar-refractivity contribution in [2.24, 2.45) is 0 Å². The quantitative estimate of drug-likeness (QED) is 0.736. The number of nitrogens with one attached hydrogen (secondary N) is 2. The normalized spacial score (nSPS) is 17.8. The first-order valence-electron chi connectivity index (χ1n) is 8.63. The van der Waals surface area contributed by atoms with E-state index in [-0.39, 0.29) is 18.4 Å². The van der Waals surface area contributed by atoms with Crippen molar-refractivity contribution in [2.45, 2.75) is 19.5 Å². The van der Waals surface area contributed by atoms with E-state index in [4.69, 9.17) is 4.74 Å². The average molecular weight is 374 g/mol. The molecule has 1 fully saturated rings. The summed E-state index contributed by atoms with van der Waals surface area (Å²) in [6, 6.07) is 10.8. The molecule has 0 spiro atoms. The predicted molar refractivity (Wildman–Crippen MR) is 105 cm³/mol. The number of piperazine rings is 1. The maximum absolute atomic E-state index is 5.58. The van der Waals surface area contributed by atoms with E-state index in [2.05, 4.69) is 43.6 Å². The number of aromatic nitrogens is 3. The minimum absolute atomic E-state index is 0. The van der Waals surface area contributed by atoms with Crippen molar-refractivity contribution >= 4 is 23.4 Å². The Hall–Kier alpha value is -2.15. The number of para-hydroxylation sites is 1. The van der Waals surface area contributed by atoms with Crippen molar-refractivity contribution in [1.82, 2.24) is 25.4 Å². The largest absolute Gasteiger partial charge is 0.496 e. The predicted octanol–water partition coefficient (Wildman–Crippen LogP) is 2.84. The Bertz CT molecular complexity index is 881. The lowest BCUT2D eigenvalue weighted by Gasteiger charge is -2.37. The molecule has 3 aromatic rings. The van der Waals surface area contributed by atoms with Gasteiger partial charge in [-0.05, 0) is 24.6 Å². The van der Waals surface area contributed by atoms with Crippen LogP contribution in [0.4, 0.5) is 0 Å². The number of ether oxygens (including phenoxy) is 1. The highest BCUT2D eigenvalue weighted by Gasteiger charge is 2.26. The van der Waals surface area contributed by atoms with Crippen LogP contribution in [0.3, 0.4) is 0 Å². The summed E-state index contributed by atoms with van der Waals surface area (Å²) in [6.07, 6.45) is 1.93. The van der Waals surface area contributed by atoms with Gasteiger partial charge in [-0.15, -0.1) is 12.4 Å². The summed E-state index contributed by atoms with van der Waals surface area (Å²) in [4.78, 5) is 6.98. The highest BCUT2D eigenvalue weighted by Crippen LogP contribution is 2.31. The topological polar surface area (TPSA) is 66.1 Å². The fraction of sp³-hybridized carbons (Fsp3) is 0.368. The molecule has 138 valence electrons. The summed E-state index contributed by atoms with van der Waals surface area (Å²) in [5.41, 5.74) is 4.28. The van der Waals surface area contributed by atoms with Crippen molar-refractivity contribution < 1.29 is 4.74 Å². The Morgan fingerprint density at radius 2 is 2.15 bits per heavy atom. The van der Waals surface area contributed by atoms with Gasteiger partial charge in [0.1, 0.15) is 5.75 Å². The van der Waals surface area contributed by atoms with E-state index >= 15 is 0 Å². The Morgan fingerprint density at radius 1 is 1.31 bits per heavy atom. The highest BCUT2D eigenvalue weighted by molar-refractivity contribution is 5.85. The molecule has 1 saturated heterocycles. The molecule has 0 amide bonds. The van der Waals surface area contributed by atoms with Crippen molar-refractivity contribution in [3.05, 3.63) is 53.3 Å². The van der Waals surface area contributed by atoms with E-state index in [0.29, 0.717) is 0 Å². The van der Waals surface area contributed by atoms with Crippen LogP contribution >= 0.6 is 12.4 Å². The second-order valence-electron chi connectivity index (χ2n) is 6.50. The molecular weight excluding hydrogens is 350 g/mol. The molecule has 0 aliphatic carbocycles. The molecule has 0 bridgehead atoms. The van der Waals surface area contributed by atoms with Crippen LogP contribution in [-0.4, -0.2) is 46.8 Å². The molecule has 0 saturated carbocycles. The first-order valence-corrected chi connectivity index (χ1v) is 8.63. The van der Waals surface area contributed by atoms with E-state index in [1.54, 1.807) is 7.11 Å². The second-order valence-corrected chi connectivity index (χ2v) is 6.50. The number of methoxy groups -OCH3 is 1. The lowest BCUT2D eigenvalue weighted by molar-refractivity contribution is 0.151. The fourth-order valence-electron chi connectivity index (χ4n) is 3.57. The summed E-state index contributed by atoms with van der Waals surface area (Å²) in [6.45, 7) is 5.79. The molecule has 1 unspecified atom stereocenters. The molecule has 7 heteroatoms. The van der Waals surface area contributed by atoms with Gasteiger partial charge >= 0.3 is 0 Å². The number of fused-ring (bicyclic) bond motifs is 1. The summed E-state index contributed by atoms with van der Waals surface area (Å²) >= 11 is 0. The third kappa shape index (κ3) is 3.53.